The van der Waals surface area contributed by atoms with Crippen LogP contribution in [0.25, 0.3) is 0 Å². The number of aromatic nitrogens is 2. The molecular formula is C10H9BrN2S2. The van der Waals surface area contributed by atoms with Crippen LogP contribution in [0.3, 0.4) is 0 Å². The zero-order valence-electron chi connectivity index (χ0n) is 8.11. The second-order valence-electron chi connectivity index (χ2n) is 3.05. The maximum absolute atomic E-state index is 4.25. The van der Waals surface area contributed by atoms with Gasteiger partial charge in [-0.1, -0.05) is 11.8 Å². The molecule has 0 radical (unpaired) electrons. The molecule has 0 saturated carbocycles. The smallest absolute Gasteiger partial charge is 0.187 e. The summed E-state index contributed by atoms with van der Waals surface area (Å²) in [5, 5.41) is 2.91. The maximum Gasteiger partial charge on any atom is 0.187 e. The topological polar surface area (TPSA) is 25.8 Å². The van der Waals surface area contributed by atoms with Crippen molar-refractivity contribution in [2.45, 2.75) is 17.8 Å². The fraction of sp³-hybridized carbons (Fsp3) is 0.200. The van der Waals surface area contributed by atoms with Crippen LogP contribution in [0.4, 0.5) is 0 Å². The van der Waals surface area contributed by atoms with Crippen molar-refractivity contribution < 1.29 is 0 Å². The fourth-order valence-corrected chi connectivity index (χ4v) is 3.32. The van der Waals surface area contributed by atoms with E-state index in [9.17, 15) is 0 Å². The van der Waals surface area contributed by atoms with Crippen LogP contribution < -0.4 is 0 Å². The second kappa shape index (κ2) is 5.09. The van der Waals surface area contributed by atoms with Crippen LogP contribution in [0, 0.1) is 6.92 Å². The Morgan fingerprint density at radius 2 is 2.13 bits per heavy atom. The van der Waals surface area contributed by atoms with Gasteiger partial charge in [0.15, 0.2) is 5.16 Å². The number of halogens is 1. The minimum absolute atomic E-state index is 0.832. The number of rotatable bonds is 3. The first-order valence-corrected chi connectivity index (χ1v) is 7.05. The predicted octanol–water partition coefficient (Wildman–Crippen LogP) is 3.90. The number of hydrogen-bond donors (Lipinski definition) is 0. The third-order valence-corrected chi connectivity index (χ3v) is 4.54. The first-order chi connectivity index (χ1) is 7.25. The van der Waals surface area contributed by atoms with Crippen LogP contribution in [-0.4, -0.2) is 9.97 Å². The first-order valence-electron chi connectivity index (χ1n) is 4.39. The molecule has 0 aromatic carbocycles. The van der Waals surface area contributed by atoms with E-state index in [1.54, 1.807) is 23.1 Å². The van der Waals surface area contributed by atoms with Crippen molar-refractivity contribution in [2.75, 3.05) is 0 Å². The van der Waals surface area contributed by atoms with E-state index in [1.807, 2.05) is 19.3 Å². The molecule has 2 aromatic heterocycles. The van der Waals surface area contributed by atoms with E-state index in [1.165, 1.54) is 9.35 Å². The van der Waals surface area contributed by atoms with E-state index in [4.69, 9.17) is 0 Å². The van der Waals surface area contributed by atoms with Crippen molar-refractivity contribution in [3.05, 3.63) is 38.8 Å². The summed E-state index contributed by atoms with van der Waals surface area (Å²) in [7, 11) is 0. The summed E-state index contributed by atoms with van der Waals surface area (Å²) in [6.45, 7) is 1.99. The molecule has 0 saturated heterocycles. The lowest BCUT2D eigenvalue weighted by atomic mass is 10.4. The molecule has 0 spiro atoms. The lowest BCUT2D eigenvalue weighted by Crippen LogP contribution is -1.87. The van der Waals surface area contributed by atoms with Crippen LogP contribution in [-0.2, 0) is 5.75 Å². The number of aryl methyl sites for hydroxylation is 1. The molecule has 5 heteroatoms. The Hall–Kier alpha value is -0.390. The lowest BCUT2D eigenvalue weighted by molar-refractivity contribution is 0.949. The molecule has 0 N–H and O–H groups in total. The quantitative estimate of drug-likeness (QED) is 0.635. The summed E-state index contributed by atoms with van der Waals surface area (Å²) in [5.41, 5.74) is 2.39. The van der Waals surface area contributed by atoms with E-state index in [-0.39, 0.29) is 0 Å². The molecule has 0 unspecified atom stereocenters. The Morgan fingerprint density at radius 3 is 2.73 bits per heavy atom. The van der Waals surface area contributed by atoms with Gasteiger partial charge >= 0.3 is 0 Å². The second-order valence-corrected chi connectivity index (χ2v) is 6.23. The van der Waals surface area contributed by atoms with Crippen molar-refractivity contribution in [3.8, 4) is 0 Å². The molecule has 2 nitrogen and oxygen atoms in total. The number of nitrogens with zero attached hydrogens (tertiary/aromatic N) is 2. The number of hydrogen-bond acceptors (Lipinski definition) is 4. The monoisotopic (exact) mass is 300 g/mol. The van der Waals surface area contributed by atoms with Gasteiger partial charge in [-0.15, -0.1) is 11.3 Å². The van der Waals surface area contributed by atoms with Crippen LogP contribution in [0.2, 0.25) is 0 Å². The van der Waals surface area contributed by atoms with Gasteiger partial charge in [-0.3, -0.25) is 0 Å². The van der Waals surface area contributed by atoms with Gasteiger partial charge in [0.05, 0.1) is 3.79 Å². The molecule has 0 fully saturated rings. The number of thioether (sulfide) groups is 1. The maximum atomic E-state index is 4.25. The zero-order chi connectivity index (χ0) is 10.7. The molecule has 0 aliphatic heterocycles. The highest BCUT2D eigenvalue weighted by molar-refractivity contribution is 9.11. The van der Waals surface area contributed by atoms with E-state index < -0.39 is 0 Å². The largest absolute Gasteiger partial charge is 0.231 e. The molecule has 0 atom stereocenters. The summed E-state index contributed by atoms with van der Waals surface area (Å²) in [4.78, 5) is 8.49. The first kappa shape index (κ1) is 11.1. The fourth-order valence-electron chi connectivity index (χ4n) is 1.02. The van der Waals surface area contributed by atoms with Crippen LogP contribution in [0.1, 0.15) is 11.1 Å². The van der Waals surface area contributed by atoms with Crippen molar-refractivity contribution in [1.29, 1.82) is 0 Å². The van der Waals surface area contributed by atoms with Crippen LogP contribution >= 0.6 is 39.0 Å². The minimum atomic E-state index is 0.832. The van der Waals surface area contributed by atoms with Crippen molar-refractivity contribution >= 4 is 39.0 Å². The Labute approximate surface area is 105 Å². The normalized spacial score (nSPS) is 10.5. The molecule has 0 amide bonds. The summed E-state index contributed by atoms with van der Waals surface area (Å²) in [6, 6.07) is 2.12. The predicted molar refractivity (Wildman–Crippen MR) is 68.3 cm³/mol. The standard InChI is InChI=1S/C10H9BrN2S2/c1-7-4-12-10(13-5-7)15-6-8-2-3-14-9(8)11/h2-5H,6H2,1H3. The Bertz CT molecular complexity index is 439. The summed E-state index contributed by atoms with van der Waals surface area (Å²) in [5.74, 6) is 0.910. The molecule has 15 heavy (non-hydrogen) atoms. The summed E-state index contributed by atoms with van der Waals surface area (Å²) >= 11 is 6.88. The van der Waals surface area contributed by atoms with E-state index >= 15 is 0 Å². The van der Waals surface area contributed by atoms with Crippen molar-refractivity contribution in [3.63, 3.8) is 0 Å². The van der Waals surface area contributed by atoms with Gasteiger partial charge < -0.3 is 0 Å². The molecule has 78 valence electrons. The molecular weight excluding hydrogens is 292 g/mol. The number of thiophene rings is 1. The average Bonchev–Trinajstić information content (AvgIpc) is 2.63. The summed E-state index contributed by atoms with van der Waals surface area (Å²) in [6.07, 6.45) is 3.69. The van der Waals surface area contributed by atoms with Crippen molar-refractivity contribution in [1.82, 2.24) is 9.97 Å². The highest BCUT2D eigenvalue weighted by atomic mass is 79.9. The van der Waals surface area contributed by atoms with Gasteiger partial charge in [-0.05, 0) is 45.4 Å². The molecule has 0 bridgehead atoms. The van der Waals surface area contributed by atoms with Gasteiger partial charge in [0.1, 0.15) is 0 Å². The SMILES string of the molecule is Cc1cnc(SCc2ccsc2Br)nc1. The molecule has 0 aliphatic rings. The Balaban J connectivity index is 1.99. The highest BCUT2D eigenvalue weighted by Gasteiger charge is 2.03. The molecule has 2 heterocycles. The molecule has 0 aliphatic carbocycles. The summed E-state index contributed by atoms with van der Waals surface area (Å²) < 4.78 is 1.20. The van der Waals surface area contributed by atoms with Gasteiger partial charge in [-0.2, -0.15) is 0 Å². The Kier molecular flexibility index (Phi) is 3.77. The van der Waals surface area contributed by atoms with E-state index in [0.717, 1.165) is 16.5 Å². The van der Waals surface area contributed by atoms with Gasteiger partial charge in [0.2, 0.25) is 0 Å². The van der Waals surface area contributed by atoms with E-state index in [0.29, 0.717) is 0 Å². The third kappa shape index (κ3) is 3.03. The third-order valence-electron chi connectivity index (χ3n) is 1.81. The molecule has 2 rings (SSSR count). The Morgan fingerprint density at radius 1 is 1.40 bits per heavy atom. The average molecular weight is 301 g/mol. The zero-order valence-corrected chi connectivity index (χ0v) is 11.3. The van der Waals surface area contributed by atoms with Crippen LogP contribution in [0.5, 0.6) is 0 Å². The lowest BCUT2D eigenvalue weighted by Gasteiger charge is -1.99. The van der Waals surface area contributed by atoms with E-state index in [2.05, 4.69) is 37.3 Å². The van der Waals surface area contributed by atoms with Crippen molar-refractivity contribution in [2.24, 2.45) is 0 Å². The van der Waals surface area contributed by atoms with Crippen LogP contribution in [0.15, 0.2) is 32.8 Å². The van der Waals surface area contributed by atoms with Gasteiger partial charge in [0, 0.05) is 18.1 Å². The van der Waals surface area contributed by atoms with Gasteiger partial charge in [-0.25, -0.2) is 9.97 Å². The van der Waals surface area contributed by atoms with Gasteiger partial charge in [0.25, 0.3) is 0 Å². The minimum Gasteiger partial charge on any atom is -0.231 e. The molecule has 2 aromatic rings. The highest BCUT2D eigenvalue weighted by Crippen LogP contribution is 2.28.